The molecule has 33 heavy (non-hydrogen) atoms. The van der Waals surface area contributed by atoms with Crippen molar-refractivity contribution in [1.29, 1.82) is 0 Å². The Labute approximate surface area is 203 Å². The highest BCUT2D eigenvalue weighted by Gasteiger charge is 2.21. The Balaban J connectivity index is 1.52. The van der Waals surface area contributed by atoms with Crippen LogP contribution in [0.3, 0.4) is 0 Å². The number of halogens is 2. The highest BCUT2D eigenvalue weighted by Crippen LogP contribution is 2.41. The maximum absolute atomic E-state index is 6.58. The number of nitrogens with zero attached hydrogens (tertiary/aromatic N) is 4. The number of nitrogens with one attached hydrogen (secondary N) is 2. The number of hydrogen-bond donors (Lipinski definition) is 2. The predicted molar refractivity (Wildman–Crippen MR) is 134 cm³/mol. The molecule has 2 N–H and O–H groups in total. The predicted octanol–water partition coefficient (Wildman–Crippen LogP) is 4.97. The molecule has 4 rings (SSSR count). The van der Waals surface area contributed by atoms with Gasteiger partial charge in [0.25, 0.3) is 0 Å². The molecule has 0 unspecified atom stereocenters. The lowest BCUT2D eigenvalue weighted by atomic mass is 10.1. The maximum Gasteiger partial charge on any atom is 0.165 e. The highest BCUT2D eigenvalue weighted by molar-refractivity contribution is 6.39. The second kappa shape index (κ2) is 10.4. The molecule has 0 aliphatic heterocycles. The number of rotatable bonds is 9. The summed E-state index contributed by atoms with van der Waals surface area (Å²) in [6, 6.07) is 9.55. The third-order valence-corrected chi connectivity index (χ3v) is 5.94. The number of ether oxygens (including phenoxy) is 1. The van der Waals surface area contributed by atoms with Gasteiger partial charge in [0.1, 0.15) is 11.6 Å². The number of anilines is 1. The fourth-order valence-corrected chi connectivity index (χ4v) is 4.41. The SMILES string of the molecule is COc1cc(Cl)c(-c2c(C)nn3c(NCCNCCc4ccncc4)cc(C)nc23)c(Cl)c1. The molecule has 0 amide bonds. The van der Waals surface area contributed by atoms with Gasteiger partial charge in [-0.15, -0.1) is 0 Å². The first kappa shape index (κ1) is 23.3. The van der Waals surface area contributed by atoms with Crippen LogP contribution in [0.4, 0.5) is 5.82 Å². The molecule has 0 saturated heterocycles. The molecule has 0 radical (unpaired) electrons. The van der Waals surface area contributed by atoms with Crippen molar-refractivity contribution < 1.29 is 4.74 Å². The Hall–Kier alpha value is -2.87. The van der Waals surface area contributed by atoms with Gasteiger partial charge >= 0.3 is 0 Å². The summed E-state index contributed by atoms with van der Waals surface area (Å²) >= 11 is 13.2. The van der Waals surface area contributed by atoms with Gasteiger partial charge in [-0.2, -0.15) is 9.61 Å². The van der Waals surface area contributed by atoms with Gasteiger partial charge in [0.05, 0.1) is 28.4 Å². The molecule has 9 heteroatoms. The first-order chi connectivity index (χ1) is 16.0. The van der Waals surface area contributed by atoms with Gasteiger partial charge in [-0.3, -0.25) is 4.98 Å². The quantitative estimate of drug-likeness (QED) is 0.326. The van der Waals surface area contributed by atoms with Crippen LogP contribution in [-0.2, 0) is 6.42 Å². The smallest absolute Gasteiger partial charge is 0.165 e. The van der Waals surface area contributed by atoms with Crippen LogP contribution in [0.5, 0.6) is 5.75 Å². The fraction of sp³-hybridized carbons (Fsp3) is 0.292. The van der Waals surface area contributed by atoms with E-state index in [0.29, 0.717) is 27.0 Å². The Bertz CT molecular complexity index is 1240. The fourth-order valence-electron chi connectivity index (χ4n) is 3.76. The molecule has 172 valence electrons. The first-order valence-corrected chi connectivity index (χ1v) is 11.5. The van der Waals surface area contributed by atoms with Gasteiger partial charge in [-0.1, -0.05) is 23.2 Å². The third-order valence-electron chi connectivity index (χ3n) is 5.34. The zero-order valence-corrected chi connectivity index (χ0v) is 20.3. The minimum absolute atomic E-state index is 0.494. The number of aryl methyl sites for hydroxylation is 2. The summed E-state index contributed by atoms with van der Waals surface area (Å²) in [5.41, 5.74) is 5.16. The number of aromatic nitrogens is 4. The van der Waals surface area contributed by atoms with E-state index in [-0.39, 0.29) is 0 Å². The summed E-state index contributed by atoms with van der Waals surface area (Å²) in [5.74, 6) is 1.47. The molecule has 0 atom stereocenters. The van der Waals surface area contributed by atoms with E-state index in [2.05, 4.69) is 15.6 Å². The molecular formula is C24H26Cl2N6O. The van der Waals surface area contributed by atoms with Crippen LogP contribution in [0, 0.1) is 13.8 Å². The van der Waals surface area contributed by atoms with Crippen LogP contribution in [0.1, 0.15) is 17.0 Å². The van der Waals surface area contributed by atoms with E-state index < -0.39 is 0 Å². The van der Waals surface area contributed by atoms with Crippen molar-refractivity contribution >= 4 is 34.7 Å². The topological polar surface area (TPSA) is 76.4 Å². The largest absolute Gasteiger partial charge is 0.497 e. The molecule has 0 spiro atoms. The van der Waals surface area contributed by atoms with Gasteiger partial charge in [0.15, 0.2) is 5.65 Å². The lowest BCUT2D eigenvalue weighted by Gasteiger charge is -2.12. The number of pyridine rings is 1. The average molecular weight is 485 g/mol. The number of fused-ring (bicyclic) bond motifs is 1. The van der Waals surface area contributed by atoms with Gasteiger partial charge in [-0.05, 0) is 56.6 Å². The molecule has 0 bridgehead atoms. The van der Waals surface area contributed by atoms with Crippen molar-refractivity contribution in [3.8, 4) is 16.9 Å². The molecule has 0 aliphatic rings. The molecule has 7 nitrogen and oxygen atoms in total. The number of methoxy groups -OCH3 is 1. The van der Waals surface area contributed by atoms with Crippen LogP contribution >= 0.6 is 23.2 Å². The minimum Gasteiger partial charge on any atom is -0.497 e. The first-order valence-electron chi connectivity index (χ1n) is 10.7. The molecule has 0 saturated carbocycles. The van der Waals surface area contributed by atoms with Crippen LogP contribution in [-0.4, -0.2) is 46.3 Å². The van der Waals surface area contributed by atoms with Crippen molar-refractivity contribution in [2.24, 2.45) is 0 Å². The lowest BCUT2D eigenvalue weighted by Crippen LogP contribution is -2.25. The minimum atomic E-state index is 0.494. The van der Waals surface area contributed by atoms with E-state index in [1.807, 2.05) is 49.0 Å². The molecular weight excluding hydrogens is 459 g/mol. The molecule has 3 aromatic heterocycles. The monoisotopic (exact) mass is 484 g/mol. The van der Waals surface area contributed by atoms with Crippen LogP contribution in [0.2, 0.25) is 10.0 Å². The summed E-state index contributed by atoms with van der Waals surface area (Å²) in [5, 5.41) is 12.6. The standard InChI is InChI=1S/C24H26Cl2N6O/c1-15-12-21(29-11-10-28-9-6-17-4-7-27-8-5-17)32-24(30-15)22(16(2)31-32)23-19(25)13-18(33-3)14-20(23)26/h4-5,7-8,12-14,28-29H,6,9-11H2,1-3H3. The Morgan fingerprint density at radius 1 is 0.970 bits per heavy atom. The molecule has 3 heterocycles. The van der Waals surface area contributed by atoms with Crippen LogP contribution in [0.15, 0.2) is 42.7 Å². The Morgan fingerprint density at radius 3 is 2.39 bits per heavy atom. The van der Waals surface area contributed by atoms with Crippen LogP contribution < -0.4 is 15.4 Å². The van der Waals surface area contributed by atoms with Crippen molar-refractivity contribution in [1.82, 2.24) is 24.9 Å². The molecule has 0 aliphatic carbocycles. The Kier molecular flexibility index (Phi) is 7.33. The number of benzene rings is 1. The van der Waals surface area contributed by atoms with E-state index in [1.165, 1.54) is 5.56 Å². The summed E-state index contributed by atoms with van der Waals surface area (Å²) in [4.78, 5) is 8.79. The average Bonchev–Trinajstić information content (AvgIpc) is 3.12. The molecule has 1 aromatic carbocycles. The van der Waals surface area contributed by atoms with E-state index >= 15 is 0 Å². The summed E-state index contributed by atoms with van der Waals surface area (Å²) in [7, 11) is 1.58. The Morgan fingerprint density at radius 2 is 1.70 bits per heavy atom. The van der Waals surface area contributed by atoms with Gasteiger partial charge in [0.2, 0.25) is 0 Å². The second-order valence-corrected chi connectivity index (χ2v) is 8.54. The number of hydrogen-bond acceptors (Lipinski definition) is 6. The molecule has 0 fully saturated rings. The normalized spacial score (nSPS) is 11.2. The maximum atomic E-state index is 6.58. The van der Waals surface area contributed by atoms with Crippen molar-refractivity contribution in [2.75, 3.05) is 32.1 Å². The van der Waals surface area contributed by atoms with Crippen molar-refractivity contribution in [3.63, 3.8) is 0 Å². The van der Waals surface area contributed by atoms with Crippen LogP contribution in [0.25, 0.3) is 16.8 Å². The van der Waals surface area contributed by atoms with E-state index in [9.17, 15) is 0 Å². The van der Waals surface area contributed by atoms with Crippen molar-refractivity contribution in [3.05, 3.63) is 69.7 Å². The van der Waals surface area contributed by atoms with Gasteiger partial charge in [0, 0.05) is 42.8 Å². The van der Waals surface area contributed by atoms with E-state index in [1.54, 1.807) is 19.2 Å². The van der Waals surface area contributed by atoms with Gasteiger partial charge < -0.3 is 15.4 Å². The zero-order valence-electron chi connectivity index (χ0n) is 18.8. The summed E-state index contributed by atoms with van der Waals surface area (Å²) in [6.45, 7) is 6.35. The summed E-state index contributed by atoms with van der Waals surface area (Å²) < 4.78 is 7.09. The van der Waals surface area contributed by atoms with Gasteiger partial charge in [-0.25, -0.2) is 4.98 Å². The lowest BCUT2D eigenvalue weighted by molar-refractivity contribution is 0.415. The highest BCUT2D eigenvalue weighted by atomic mass is 35.5. The molecule has 4 aromatic rings. The van der Waals surface area contributed by atoms with Crippen molar-refractivity contribution in [2.45, 2.75) is 20.3 Å². The van der Waals surface area contributed by atoms with E-state index in [0.717, 1.165) is 48.8 Å². The zero-order chi connectivity index (χ0) is 23.4. The second-order valence-electron chi connectivity index (χ2n) is 7.73. The third kappa shape index (κ3) is 5.21. The van der Waals surface area contributed by atoms with E-state index in [4.69, 9.17) is 38.0 Å². The summed E-state index contributed by atoms with van der Waals surface area (Å²) in [6.07, 6.45) is 4.60.